The molecular formula is C13H14ClN5S. The van der Waals surface area contributed by atoms with Gasteiger partial charge in [0.15, 0.2) is 0 Å². The minimum Gasteiger partial charge on any atom is -0.296 e. The van der Waals surface area contributed by atoms with Crippen LogP contribution >= 0.6 is 23.3 Å². The molecule has 2 heterocycles. The lowest BCUT2D eigenvalue weighted by Crippen LogP contribution is -2.17. The molecule has 20 heavy (non-hydrogen) atoms. The van der Waals surface area contributed by atoms with E-state index in [1.807, 2.05) is 20.0 Å². The van der Waals surface area contributed by atoms with Crippen LogP contribution in [0, 0.1) is 6.92 Å². The molecule has 0 unspecified atom stereocenters. The molecule has 0 aliphatic heterocycles. The zero-order valence-electron chi connectivity index (χ0n) is 11.2. The van der Waals surface area contributed by atoms with Gasteiger partial charge in [0, 0.05) is 13.1 Å². The van der Waals surface area contributed by atoms with Gasteiger partial charge in [-0.3, -0.25) is 10.00 Å². The van der Waals surface area contributed by atoms with Crippen LogP contribution in [-0.4, -0.2) is 30.9 Å². The summed E-state index contributed by atoms with van der Waals surface area (Å²) in [5.74, 6) is 0. The monoisotopic (exact) mass is 307 g/mol. The second kappa shape index (κ2) is 5.47. The predicted octanol–water partition coefficient (Wildman–Crippen LogP) is 3.01. The number of benzene rings is 1. The van der Waals surface area contributed by atoms with Crippen molar-refractivity contribution in [3.05, 3.63) is 40.2 Å². The molecule has 0 amide bonds. The topological polar surface area (TPSA) is 57.7 Å². The maximum Gasteiger partial charge on any atom is 0.105 e. The third kappa shape index (κ3) is 2.67. The van der Waals surface area contributed by atoms with E-state index in [4.69, 9.17) is 11.6 Å². The van der Waals surface area contributed by atoms with Crippen LogP contribution in [0.4, 0.5) is 0 Å². The molecule has 5 nitrogen and oxygen atoms in total. The Morgan fingerprint density at radius 3 is 2.80 bits per heavy atom. The summed E-state index contributed by atoms with van der Waals surface area (Å²) in [5, 5.41) is 7.84. The minimum atomic E-state index is 0.705. The average Bonchev–Trinajstić information content (AvgIpc) is 3.00. The first kappa shape index (κ1) is 13.5. The zero-order chi connectivity index (χ0) is 14.1. The molecule has 0 bridgehead atoms. The molecule has 0 fully saturated rings. The van der Waals surface area contributed by atoms with Crippen LogP contribution in [0.5, 0.6) is 0 Å². The molecule has 0 atom stereocenters. The summed E-state index contributed by atoms with van der Waals surface area (Å²) in [6, 6.07) is 6.16. The summed E-state index contributed by atoms with van der Waals surface area (Å²) in [4.78, 5) is 2.17. The van der Waals surface area contributed by atoms with Gasteiger partial charge in [-0.1, -0.05) is 17.7 Å². The Labute approximate surface area is 125 Å². The van der Waals surface area contributed by atoms with Crippen LogP contribution in [0.2, 0.25) is 5.02 Å². The van der Waals surface area contributed by atoms with Gasteiger partial charge >= 0.3 is 0 Å². The van der Waals surface area contributed by atoms with Crippen molar-refractivity contribution in [2.24, 2.45) is 0 Å². The highest BCUT2D eigenvalue weighted by atomic mass is 35.5. The highest BCUT2D eigenvalue weighted by Crippen LogP contribution is 2.20. The van der Waals surface area contributed by atoms with Gasteiger partial charge in [-0.15, -0.1) is 0 Å². The standard InChI is InChI=1S/C13H14ClN5S/c1-8-13(14)12(16-15-8)7-19(2)6-9-3-4-10-11(5-9)18-20-17-10/h3-5H,6-7H2,1-2H3,(H,15,16). The second-order valence-electron chi connectivity index (χ2n) is 4.87. The molecule has 7 heteroatoms. The predicted molar refractivity (Wildman–Crippen MR) is 80.9 cm³/mol. The van der Waals surface area contributed by atoms with Crippen molar-refractivity contribution in [2.45, 2.75) is 20.0 Å². The van der Waals surface area contributed by atoms with E-state index in [1.165, 1.54) is 17.3 Å². The number of H-pyrrole nitrogens is 1. The number of rotatable bonds is 4. The van der Waals surface area contributed by atoms with Gasteiger partial charge < -0.3 is 0 Å². The Hall–Kier alpha value is -1.50. The number of fused-ring (bicyclic) bond motifs is 1. The van der Waals surface area contributed by atoms with Crippen molar-refractivity contribution in [3.63, 3.8) is 0 Å². The van der Waals surface area contributed by atoms with Crippen LogP contribution in [0.25, 0.3) is 11.0 Å². The zero-order valence-corrected chi connectivity index (χ0v) is 12.8. The SMILES string of the molecule is Cc1[nH]nc(CN(C)Cc2ccc3nsnc3c2)c1Cl. The Morgan fingerprint density at radius 1 is 1.25 bits per heavy atom. The fourth-order valence-electron chi connectivity index (χ4n) is 2.12. The van der Waals surface area contributed by atoms with E-state index >= 15 is 0 Å². The molecule has 0 spiro atoms. The van der Waals surface area contributed by atoms with Crippen molar-refractivity contribution in [1.82, 2.24) is 23.8 Å². The van der Waals surface area contributed by atoms with E-state index in [2.05, 4.69) is 36.0 Å². The summed E-state index contributed by atoms with van der Waals surface area (Å²) in [6.45, 7) is 3.44. The lowest BCUT2D eigenvalue weighted by molar-refractivity contribution is 0.315. The van der Waals surface area contributed by atoms with Gasteiger partial charge in [0.1, 0.15) is 11.0 Å². The minimum absolute atomic E-state index is 0.705. The summed E-state index contributed by atoms with van der Waals surface area (Å²) in [6.07, 6.45) is 0. The van der Waals surface area contributed by atoms with Gasteiger partial charge in [-0.05, 0) is 31.7 Å². The largest absolute Gasteiger partial charge is 0.296 e. The van der Waals surface area contributed by atoms with Gasteiger partial charge in [0.05, 0.1) is 28.1 Å². The lowest BCUT2D eigenvalue weighted by atomic mass is 10.2. The van der Waals surface area contributed by atoms with E-state index in [0.717, 1.165) is 34.0 Å². The van der Waals surface area contributed by atoms with Gasteiger partial charge in [0.2, 0.25) is 0 Å². The quantitative estimate of drug-likeness (QED) is 0.805. The van der Waals surface area contributed by atoms with E-state index in [-0.39, 0.29) is 0 Å². The van der Waals surface area contributed by atoms with Crippen LogP contribution in [0.3, 0.4) is 0 Å². The number of hydrogen-bond donors (Lipinski definition) is 1. The van der Waals surface area contributed by atoms with Gasteiger partial charge in [0.25, 0.3) is 0 Å². The number of aromatic amines is 1. The number of halogens is 1. The van der Waals surface area contributed by atoms with Gasteiger partial charge in [-0.25, -0.2) is 0 Å². The van der Waals surface area contributed by atoms with Crippen molar-refractivity contribution in [2.75, 3.05) is 7.05 Å². The second-order valence-corrected chi connectivity index (χ2v) is 5.78. The summed E-state index contributed by atoms with van der Waals surface area (Å²) < 4.78 is 8.47. The summed E-state index contributed by atoms with van der Waals surface area (Å²) in [5.41, 5.74) is 4.89. The smallest absolute Gasteiger partial charge is 0.105 e. The first-order valence-electron chi connectivity index (χ1n) is 6.22. The van der Waals surface area contributed by atoms with E-state index in [1.54, 1.807) is 0 Å². The first-order valence-corrected chi connectivity index (χ1v) is 7.33. The Bertz CT molecular complexity index is 735. The molecule has 0 aliphatic rings. The van der Waals surface area contributed by atoms with Crippen molar-refractivity contribution in [3.8, 4) is 0 Å². The van der Waals surface area contributed by atoms with Crippen LogP contribution in [-0.2, 0) is 13.1 Å². The van der Waals surface area contributed by atoms with Crippen molar-refractivity contribution >= 4 is 34.4 Å². The molecular weight excluding hydrogens is 294 g/mol. The highest BCUT2D eigenvalue weighted by molar-refractivity contribution is 7.00. The van der Waals surface area contributed by atoms with E-state index in [0.29, 0.717) is 6.54 Å². The maximum absolute atomic E-state index is 6.18. The fraction of sp³-hybridized carbons (Fsp3) is 0.308. The molecule has 0 saturated carbocycles. The molecule has 0 radical (unpaired) electrons. The molecule has 1 aromatic carbocycles. The van der Waals surface area contributed by atoms with Crippen LogP contribution < -0.4 is 0 Å². The van der Waals surface area contributed by atoms with E-state index < -0.39 is 0 Å². The molecule has 3 aromatic rings. The molecule has 2 aromatic heterocycles. The van der Waals surface area contributed by atoms with E-state index in [9.17, 15) is 0 Å². The third-order valence-electron chi connectivity index (χ3n) is 3.13. The Kier molecular flexibility index (Phi) is 3.69. The molecule has 3 rings (SSSR count). The van der Waals surface area contributed by atoms with Crippen LogP contribution in [0.15, 0.2) is 18.2 Å². The lowest BCUT2D eigenvalue weighted by Gasteiger charge is -2.15. The van der Waals surface area contributed by atoms with Gasteiger partial charge in [-0.2, -0.15) is 13.8 Å². The molecule has 1 N–H and O–H groups in total. The maximum atomic E-state index is 6.18. The Morgan fingerprint density at radius 2 is 2.05 bits per heavy atom. The van der Waals surface area contributed by atoms with Crippen molar-refractivity contribution in [1.29, 1.82) is 0 Å². The number of nitrogens with zero attached hydrogens (tertiary/aromatic N) is 4. The summed E-state index contributed by atoms with van der Waals surface area (Å²) in [7, 11) is 2.05. The van der Waals surface area contributed by atoms with Crippen molar-refractivity contribution < 1.29 is 0 Å². The molecule has 0 aliphatic carbocycles. The summed E-state index contributed by atoms with van der Waals surface area (Å²) >= 11 is 7.42. The number of aromatic nitrogens is 4. The fourth-order valence-corrected chi connectivity index (χ4v) is 2.78. The van der Waals surface area contributed by atoms with Crippen LogP contribution in [0.1, 0.15) is 17.0 Å². The first-order chi connectivity index (χ1) is 9.63. The number of nitrogens with one attached hydrogen (secondary N) is 1. The molecule has 0 saturated heterocycles. The number of aryl methyl sites for hydroxylation is 1. The average molecular weight is 308 g/mol. The molecule has 104 valence electrons. The number of hydrogen-bond acceptors (Lipinski definition) is 5. The third-order valence-corrected chi connectivity index (χ3v) is 4.19. The normalized spacial score (nSPS) is 11.6. The highest BCUT2D eigenvalue weighted by Gasteiger charge is 2.11. The Balaban J connectivity index is 1.71.